The molecule has 1 saturated carbocycles. The molecule has 4 heteroatoms. The molecule has 1 aliphatic carbocycles. The maximum absolute atomic E-state index is 12.0. The lowest BCUT2D eigenvalue weighted by atomic mass is 9.87. The van der Waals surface area contributed by atoms with Crippen LogP contribution in [0.15, 0.2) is 0 Å². The summed E-state index contributed by atoms with van der Waals surface area (Å²) in [6, 6.07) is 0.715. The van der Waals surface area contributed by atoms with Crippen LogP contribution >= 0.6 is 0 Å². The van der Waals surface area contributed by atoms with Gasteiger partial charge in [0.1, 0.15) is 0 Å². The van der Waals surface area contributed by atoms with Crippen molar-refractivity contribution in [2.45, 2.75) is 57.5 Å². The molecule has 0 aromatic carbocycles. The number of hydrogen-bond donors (Lipinski definition) is 1. The predicted octanol–water partition coefficient (Wildman–Crippen LogP) is 1.30. The SMILES string of the molecule is CNC1CCC(N2C(=O)CC(C)CC2=O)CC1. The molecule has 0 radical (unpaired) electrons. The van der Waals surface area contributed by atoms with E-state index in [1.165, 1.54) is 0 Å². The Balaban J connectivity index is 1.98. The highest BCUT2D eigenvalue weighted by molar-refractivity contribution is 5.98. The van der Waals surface area contributed by atoms with Crippen molar-refractivity contribution < 1.29 is 9.59 Å². The smallest absolute Gasteiger partial charge is 0.229 e. The van der Waals surface area contributed by atoms with Crippen LogP contribution in [0.1, 0.15) is 45.4 Å². The van der Waals surface area contributed by atoms with Gasteiger partial charge in [-0.3, -0.25) is 14.5 Å². The molecule has 2 amide bonds. The van der Waals surface area contributed by atoms with Gasteiger partial charge in [-0.15, -0.1) is 0 Å². The van der Waals surface area contributed by atoms with Gasteiger partial charge in [-0.05, 0) is 38.6 Å². The molecule has 1 saturated heterocycles. The van der Waals surface area contributed by atoms with Gasteiger partial charge in [0.05, 0.1) is 0 Å². The summed E-state index contributed by atoms with van der Waals surface area (Å²) < 4.78 is 0. The fourth-order valence-corrected chi connectivity index (χ4v) is 3.03. The molecule has 1 aliphatic heterocycles. The second-order valence-corrected chi connectivity index (χ2v) is 5.47. The Bertz CT molecular complexity index is 291. The Labute approximate surface area is 103 Å². The topological polar surface area (TPSA) is 49.4 Å². The minimum Gasteiger partial charge on any atom is -0.317 e. The number of nitrogens with zero attached hydrogens (tertiary/aromatic N) is 1. The molecule has 0 aromatic heterocycles. The standard InChI is InChI=1S/C13H22N2O2/c1-9-7-12(16)15(13(17)8-9)11-5-3-10(14-2)4-6-11/h9-11,14H,3-8H2,1-2H3. The highest BCUT2D eigenvalue weighted by Crippen LogP contribution is 2.28. The van der Waals surface area contributed by atoms with E-state index in [-0.39, 0.29) is 23.8 Å². The van der Waals surface area contributed by atoms with E-state index < -0.39 is 0 Å². The summed E-state index contributed by atoms with van der Waals surface area (Å²) in [4.78, 5) is 25.5. The van der Waals surface area contributed by atoms with Crippen LogP contribution in [0.4, 0.5) is 0 Å². The quantitative estimate of drug-likeness (QED) is 0.738. The van der Waals surface area contributed by atoms with Crippen molar-refractivity contribution in [2.24, 2.45) is 5.92 Å². The highest BCUT2D eigenvalue weighted by atomic mass is 16.2. The maximum Gasteiger partial charge on any atom is 0.229 e. The van der Waals surface area contributed by atoms with Crippen molar-refractivity contribution in [1.29, 1.82) is 0 Å². The average molecular weight is 238 g/mol. The van der Waals surface area contributed by atoms with Gasteiger partial charge in [0.15, 0.2) is 0 Å². The Morgan fingerprint density at radius 1 is 1.06 bits per heavy atom. The molecule has 0 spiro atoms. The molecule has 2 rings (SSSR count). The summed E-state index contributed by atoms with van der Waals surface area (Å²) in [5.74, 6) is 0.309. The first-order valence-corrected chi connectivity index (χ1v) is 6.64. The number of rotatable bonds is 2. The zero-order valence-electron chi connectivity index (χ0n) is 10.7. The first-order chi connectivity index (χ1) is 8.11. The Kier molecular flexibility index (Phi) is 3.82. The van der Waals surface area contributed by atoms with Crippen molar-refractivity contribution in [3.8, 4) is 0 Å². The van der Waals surface area contributed by atoms with Crippen molar-refractivity contribution in [1.82, 2.24) is 10.2 Å². The summed E-state index contributed by atoms with van der Waals surface area (Å²) >= 11 is 0. The molecule has 2 aliphatic rings. The molecule has 2 fully saturated rings. The second-order valence-electron chi connectivity index (χ2n) is 5.47. The van der Waals surface area contributed by atoms with Crippen LogP contribution in [0.5, 0.6) is 0 Å². The normalized spacial score (nSPS) is 32.0. The van der Waals surface area contributed by atoms with Gasteiger partial charge in [-0.25, -0.2) is 0 Å². The van der Waals surface area contributed by atoms with Gasteiger partial charge in [-0.2, -0.15) is 0 Å². The lowest BCUT2D eigenvalue weighted by Gasteiger charge is -2.38. The molecule has 0 unspecified atom stereocenters. The van der Waals surface area contributed by atoms with E-state index in [4.69, 9.17) is 0 Å². The molecule has 1 N–H and O–H groups in total. The van der Waals surface area contributed by atoms with Gasteiger partial charge in [0, 0.05) is 24.9 Å². The van der Waals surface area contributed by atoms with E-state index >= 15 is 0 Å². The predicted molar refractivity (Wildman–Crippen MR) is 65.4 cm³/mol. The fourth-order valence-electron chi connectivity index (χ4n) is 3.03. The van der Waals surface area contributed by atoms with E-state index in [0.29, 0.717) is 18.9 Å². The summed E-state index contributed by atoms with van der Waals surface area (Å²) in [5.41, 5.74) is 0. The second kappa shape index (κ2) is 5.17. The number of carbonyl (C=O) groups is 2. The number of nitrogens with one attached hydrogen (secondary N) is 1. The number of carbonyl (C=O) groups excluding carboxylic acids is 2. The number of amides is 2. The van der Waals surface area contributed by atoms with Gasteiger partial charge in [0.25, 0.3) is 0 Å². The van der Waals surface area contributed by atoms with Crippen LogP contribution in [-0.4, -0.2) is 35.8 Å². The third-order valence-corrected chi connectivity index (χ3v) is 4.05. The summed E-state index contributed by atoms with van der Waals surface area (Å²) in [6.45, 7) is 1.98. The van der Waals surface area contributed by atoms with Crippen molar-refractivity contribution in [3.63, 3.8) is 0 Å². The molecule has 1 heterocycles. The van der Waals surface area contributed by atoms with Crippen molar-refractivity contribution >= 4 is 11.8 Å². The minimum atomic E-state index is 0.0432. The zero-order chi connectivity index (χ0) is 12.4. The van der Waals surface area contributed by atoms with E-state index in [9.17, 15) is 9.59 Å². The van der Waals surface area contributed by atoms with Crippen molar-refractivity contribution in [2.75, 3.05) is 7.05 Å². The van der Waals surface area contributed by atoms with E-state index in [2.05, 4.69) is 5.32 Å². The Morgan fingerprint density at radius 3 is 2.06 bits per heavy atom. The summed E-state index contributed by atoms with van der Waals surface area (Å²) in [5, 5.41) is 3.27. The van der Waals surface area contributed by atoms with Crippen LogP contribution in [0.3, 0.4) is 0 Å². The van der Waals surface area contributed by atoms with Gasteiger partial charge >= 0.3 is 0 Å². The largest absolute Gasteiger partial charge is 0.317 e. The molecular weight excluding hydrogens is 216 g/mol. The summed E-state index contributed by atoms with van der Waals surface area (Å²) in [7, 11) is 1.98. The fraction of sp³-hybridized carbons (Fsp3) is 0.846. The molecule has 4 nitrogen and oxygen atoms in total. The van der Waals surface area contributed by atoms with Gasteiger partial charge < -0.3 is 5.32 Å². The molecule has 0 aromatic rings. The Morgan fingerprint density at radius 2 is 1.59 bits per heavy atom. The highest BCUT2D eigenvalue weighted by Gasteiger charge is 2.36. The zero-order valence-corrected chi connectivity index (χ0v) is 10.7. The maximum atomic E-state index is 12.0. The lowest BCUT2D eigenvalue weighted by molar-refractivity contribution is -0.153. The first-order valence-electron chi connectivity index (χ1n) is 6.64. The van der Waals surface area contributed by atoms with E-state index in [0.717, 1.165) is 25.7 Å². The van der Waals surface area contributed by atoms with Gasteiger partial charge in [0.2, 0.25) is 11.8 Å². The van der Waals surface area contributed by atoms with Crippen LogP contribution in [0, 0.1) is 5.92 Å². The first kappa shape index (κ1) is 12.6. The van der Waals surface area contributed by atoms with Gasteiger partial charge in [-0.1, -0.05) is 6.92 Å². The van der Waals surface area contributed by atoms with E-state index in [1.54, 1.807) is 4.90 Å². The number of piperidine rings is 1. The Hall–Kier alpha value is -0.900. The lowest BCUT2D eigenvalue weighted by Crippen LogP contribution is -2.51. The number of hydrogen-bond acceptors (Lipinski definition) is 3. The number of imide groups is 1. The minimum absolute atomic E-state index is 0.0432. The van der Waals surface area contributed by atoms with E-state index in [1.807, 2.05) is 14.0 Å². The monoisotopic (exact) mass is 238 g/mol. The van der Waals surface area contributed by atoms with Crippen molar-refractivity contribution in [3.05, 3.63) is 0 Å². The average Bonchev–Trinajstić information content (AvgIpc) is 2.28. The van der Waals surface area contributed by atoms with Crippen LogP contribution in [0.25, 0.3) is 0 Å². The van der Waals surface area contributed by atoms with Crippen LogP contribution in [0.2, 0.25) is 0 Å². The molecule has 0 bridgehead atoms. The molecule has 96 valence electrons. The van der Waals surface area contributed by atoms with Crippen LogP contribution < -0.4 is 5.32 Å². The molecular formula is C13H22N2O2. The molecule has 0 atom stereocenters. The third kappa shape index (κ3) is 2.68. The third-order valence-electron chi connectivity index (χ3n) is 4.05. The summed E-state index contributed by atoms with van der Waals surface area (Å²) in [6.07, 6.45) is 5.12. The number of likely N-dealkylation sites (tertiary alicyclic amines) is 1. The van der Waals surface area contributed by atoms with Crippen LogP contribution in [-0.2, 0) is 9.59 Å². The molecule has 17 heavy (non-hydrogen) atoms.